The molecule has 5 heteroatoms. The van der Waals surface area contributed by atoms with Crippen molar-refractivity contribution >= 4 is 0 Å². The summed E-state index contributed by atoms with van der Waals surface area (Å²) in [5.74, 6) is 1.18. The van der Waals surface area contributed by atoms with E-state index in [4.69, 9.17) is 9.26 Å². The quantitative estimate of drug-likeness (QED) is 0.732. The van der Waals surface area contributed by atoms with Crippen molar-refractivity contribution < 1.29 is 9.26 Å². The van der Waals surface area contributed by atoms with E-state index in [-0.39, 0.29) is 0 Å². The van der Waals surface area contributed by atoms with Crippen LogP contribution in [-0.2, 0) is 17.9 Å². The monoisotopic (exact) mass is 185 g/mol. The van der Waals surface area contributed by atoms with Gasteiger partial charge in [-0.1, -0.05) is 19.0 Å². The zero-order chi connectivity index (χ0) is 9.68. The highest BCUT2D eigenvalue weighted by molar-refractivity contribution is 4.84. The highest BCUT2D eigenvalue weighted by Crippen LogP contribution is 1.98. The van der Waals surface area contributed by atoms with E-state index in [1.54, 1.807) is 7.11 Å². The van der Waals surface area contributed by atoms with Crippen molar-refractivity contribution in [2.75, 3.05) is 7.11 Å². The second-order valence-corrected chi connectivity index (χ2v) is 3.07. The lowest BCUT2D eigenvalue weighted by molar-refractivity contribution is 0.174. The van der Waals surface area contributed by atoms with Gasteiger partial charge in [0.25, 0.3) is 0 Å². The first-order valence-corrected chi connectivity index (χ1v) is 4.26. The van der Waals surface area contributed by atoms with Crippen LogP contribution in [0.1, 0.15) is 25.6 Å². The molecule has 1 aromatic rings. The van der Waals surface area contributed by atoms with E-state index in [9.17, 15) is 0 Å². The topological polar surface area (TPSA) is 60.2 Å². The van der Waals surface area contributed by atoms with E-state index in [0.29, 0.717) is 30.9 Å². The molecule has 0 spiro atoms. The van der Waals surface area contributed by atoms with Crippen LogP contribution in [0.5, 0.6) is 0 Å². The van der Waals surface area contributed by atoms with Crippen molar-refractivity contribution in [2.24, 2.45) is 0 Å². The minimum absolute atomic E-state index is 0.394. The molecular formula is C8H15N3O2. The average molecular weight is 185 g/mol. The van der Waals surface area contributed by atoms with Crippen LogP contribution in [0.3, 0.4) is 0 Å². The summed E-state index contributed by atoms with van der Waals surface area (Å²) in [6.07, 6.45) is 0. The Balaban J connectivity index is 2.39. The Morgan fingerprint density at radius 3 is 2.92 bits per heavy atom. The van der Waals surface area contributed by atoms with Gasteiger partial charge in [-0.3, -0.25) is 0 Å². The van der Waals surface area contributed by atoms with E-state index in [0.717, 1.165) is 0 Å². The van der Waals surface area contributed by atoms with Crippen molar-refractivity contribution in [3.8, 4) is 0 Å². The standard InChI is InChI=1S/C8H15N3O2/c1-6(2)9-4-8-10-7(5-12-3)11-13-8/h6,9H,4-5H2,1-3H3. The summed E-state index contributed by atoms with van der Waals surface area (Å²) in [5, 5.41) is 6.91. The summed E-state index contributed by atoms with van der Waals surface area (Å²) < 4.78 is 9.83. The summed E-state index contributed by atoms with van der Waals surface area (Å²) in [7, 11) is 1.60. The molecule has 0 aromatic carbocycles. The van der Waals surface area contributed by atoms with Gasteiger partial charge in [0.1, 0.15) is 6.61 Å². The van der Waals surface area contributed by atoms with Crippen molar-refractivity contribution in [3.05, 3.63) is 11.7 Å². The van der Waals surface area contributed by atoms with E-state index < -0.39 is 0 Å². The van der Waals surface area contributed by atoms with Crippen molar-refractivity contribution in [1.29, 1.82) is 0 Å². The van der Waals surface area contributed by atoms with Gasteiger partial charge < -0.3 is 14.6 Å². The van der Waals surface area contributed by atoms with Crippen LogP contribution in [0.15, 0.2) is 4.52 Å². The number of aromatic nitrogens is 2. The summed E-state index contributed by atoms with van der Waals surface area (Å²) in [4.78, 5) is 4.11. The lowest BCUT2D eigenvalue weighted by Gasteiger charge is -2.02. The van der Waals surface area contributed by atoms with Gasteiger partial charge in [-0.15, -0.1) is 0 Å². The maximum absolute atomic E-state index is 4.96. The van der Waals surface area contributed by atoms with Crippen LogP contribution in [0.25, 0.3) is 0 Å². The van der Waals surface area contributed by atoms with E-state index in [1.807, 2.05) is 0 Å². The maximum atomic E-state index is 4.96. The molecule has 0 radical (unpaired) electrons. The smallest absolute Gasteiger partial charge is 0.240 e. The van der Waals surface area contributed by atoms with Crippen LogP contribution < -0.4 is 5.32 Å². The van der Waals surface area contributed by atoms with Gasteiger partial charge >= 0.3 is 0 Å². The highest BCUT2D eigenvalue weighted by Gasteiger charge is 2.05. The predicted octanol–water partition coefficient (Wildman–Crippen LogP) is 0.714. The number of nitrogens with one attached hydrogen (secondary N) is 1. The summed E-state index contributed by atoms with van der Waals surface area (Å²) in [5.41, 5.74) is 0. The predicted molar refractivity (Wildman–Crippen MR) is 47.0 cm³/mol. The number of nitrogens with zero attached hydrogens (tertiary/aromatic N) is 2. The Labute approximate surface area is 77.5 Å². The molecular weight excluding hydrogens is 170 g/mol. The molecule has 1 N–H and O–H groups in total. The van der Waals surface area contributed by atoms with Gasteiger partial charge in [-0.25, -0.2) is 0 Å². The molecule has 1 aromatic heterocycles. The number of ether oxygens (including phenoxy) is 1. The molecule has 0 bridgehead atoms. The molecule has 5 nitrogen and oxygen atoms in total. The molecule has 0 saturated carbocycles. The normalized spacial score (nSPS) is 11.1. The molecule has 13 heavy (non-hydrogen) atoms. The molecule has 1 rings (SSSR count). The first-order chi connectivity index (χ1) is 6.22. The van der Waals surface area contributed by atoms with Crippen molar-refractivity contribution in [3.63, 3.8) is 0 Å². The third-order valence-electron chi connectivity index (χ3n) is 1.45. The fraction of sp³-hybridized carbons (Fsp3) is 0.750. The Morgan fingerprint density at radius 2 is 2.31 bits per heavy atom. The van der Waals surface area contributed by atoms with Crippen LogP contribution in [0, 0.1) is 0 Å². The summed E-state index contributed by atoms with van der Waals surface area (Å²) in [6.45, 7) is 5.12. The molecule has 0 unspecified atom stereocenters. The number of hydrogen-bond donors (Lipinski definition) is 1. The largest absolute Gasteiger partial charge is 0.377 e. The second-order valence-electron chi connectivity index (χ2n) is 3.07. The molecule has 0 atom stereocenters. The van der Waals surface area contributed by atoms with Gasteiger partial charge in [0, 0.05) is 13.2 Å². The van der Waals surface area contributed by atoms with Crippen LogP contribution in [0.2, 0.25) is 0 Å². The fourth-order valence-corrected chi connectivity index (χ4v) is 0.841. The number of rotatable bonds is 5. The minimum Gasteiger partial charge on any atom is -0.377 e. The summed E-state index contributed by atoms with van der Waals surface area (Å²) >= 11 is 0. The Hall–Kier alpha value is -0.940. The Kier molecular flexibility index (Phi) is 3.85. The lowest BCUT2D eigenvalue weighted by Crippen LogP contribution is -2.21. The first-order valence-electron chi connectivity index (χ1n) is 4.26. The van der Waals surface area contributed by atoms with Gasteiger partial charge in [-0.2, -0.15) is 4.98 Å². The van der Waals surface area contributed by atoms with Crippen LogP contribution >= 0.6 is 0 Å². The van der Waals surface area contributed by atoms with Gasteiger partial charge in [0.15, 0.2) is 5.82 Å². The molecule has 0 amide bonds. The van der Waals surface area contributed by atoms with E-state index >= 15 is 0 Å². The molecule has 1 heterocycles. The fourth-order valence-electron chi connectivity index (χ4n) is 0.841. The molecule has 74 valence electrons. The molecule has 0 fully saturated rings. The minimum atomic E-state index is 0.394. The van der Waals surface area contributed by atoms with Crippen LogP contribution in [0.4, 0.5) is 0 Å². The SMILES string of the molecule is COCc1noc(CNC(C)C)n1. The average Bonchev–Trinajstić information content (AvgIpc) is 2.50. The Morgan fingerprint density at radius 1 is 1.54 bits per heavy atom. The molecule has 0 aliphatic carbocycles. The van der Waals surface area contributed by atoms with Gasteiger partial charge in [-0.05, 0) is 0 Å². The number of hydrogen-bond acceptors (Lipinski definition) is 5. The second kappa shape index (κ2) is 4.94. The zero-order valence-corrected chi connectivity index (χ0v) is 8.20. The summed E-state index contributed by atoms with van der Waals surface area (Å²) in [6, 6.07) is 0.415. The van der Waals surface area contributed by atoms with Crippen molar-refractivity contribution in [2.45, 2.75) is 33.0 Å². The molecule has 0 aliphatic rings. The van der Waals surface area contributed by atoms with Crippen LogP contribution in [-0.4, -0.2) is 23.3 Å². The zero-order valence-electron chi connectivity index (χ0n) is 8.20. The van der Waals surface area contributed by atoms with Gasteiger partial charge in [0.2, 0.25) is 5.89 Å². The highest BCUT2D eigenvalue weighted by atomic mass is 16.5. The van der Waals surface area contributed by atoms with Gasteiger partial charge in [0.05, 0.1) is 6.54 Å². The lowest BCUT2D eigenvalue weighted by atomic mass is 10.4. The Bertz CT molecular complexity index is 247. The molecule has 0 saturated heterocycles. The maximum Gasteiger partial charge on any atom is 0.240 e. The third-order valence-corrected chi connectivity index (χ3v) is 1.45. The van der Waals surface area contributed by atoms with E-state index in [2.05, 4.69) is 29.3 Å². The third kappa shape index (κ3) is 3.52. The van der Waals surface area contributed by atoms with Crippen molar-refractivity contribution in [1.82, 2.24) is 15.5 Å². The van der Waals surface area contributed by atoms with E-state index in [1.165, 1.54) is 0 Å². The number of methoxy groups -OCH3 is 1. The first kappa shape index (κ1) is 10.1. The molecule has 0 aliphatic heterocycles.